The lowest BCUT2D eigenvalue weighted by Gasteiger charge is -2.32. The highest BCUT2D eigenvalue weighted by Crippen LogP contribution is 2.56. The fourth-order valence-electron chi connectivity index (χ4n) is 5.03. The van der Waals surface area contributed by atoms with E-state index in [9.17, 15) is 13.6 Å². The largest absolute Gasteiger partial charge is 0.760 e. The Morgan fingerprint density at radius 1 is 1.26 bits per heavy atom. The number of aryl methyl sites for hydroxylation is 1. The predicted molar refractivity (Wildman–Crippen MR) is 121 cm³/mol. The zero-order valence-electron chi connectivity index (χ0n) is 17.6. The van der Waals surface area contributed by atoms with Crippen LogP contribution < -0.4 is 15.6 Å². The first-order valence-electron chi connectivity index (χ1n) is 10.8. The molecule has 3 aromatic rings. The second-order valence-corrected chi connectivity index (χ2v) is 9.74. The van der Waals surface area contributed by atoms with Crippen molar-refractivity contribution in [3.8, 4) is 11.1 Å². The van der Waals surface area contributed by atoms with Crippen LogP contribution in [0.3, 0.4) is 0 Å². The third-order valence-electron chi connectivity index (χ3n) is 6.95. The predicted octanol–water partition coefficient (Wildman–Crippen LogP) is 2.66. The smallest absolute Gasteiger partial charge is 0.274 e. The molecule has 1 aliphatic carbocycles. The van der Waals surface area contributed by atoms with E-state index in [2.05, 4.69) is 33.2 Å². The molecule has 1 spiro atoms. The minimum Gasteiger partial charge on any atom is -0.760 e. The van der Waals surface area contributed by atoms with Gasteiger partial charge < -0.3 is 19.4 Å². The zero-order valence-corrected chi connectivity index (χ0v) is 18.4. The molecule has 2 fully saturated rings. The first-order valence-corrected chi connectivity index (χ1v) is 11.9. The van der Waals surface area contributed by atoms with Crippen molar-refractivity contribution in [2.24, 2.45) is 12.5 Å². The summed E-state index contributed by atoms with van der Waals surface area (Å²) in [7, 11) is 1.78. The summed E-state index contributed by atoms with van der Waals surface area (Å²) in [4.78, 5) is 15.7. The fraction of sp³-hybridized carbons (Fsp3) is 0.435. The molecule has 0 bridgehead atoms. The first kappa shape index (κ1) is 20.6. The van der Waals surface area contributed by atoms with E-state index in [1.165, 1.54) is 24.8 Å². The van der Waals surface area contributed by atoms with Crippen molar-refractivity contribution >= 4 is 22.2 Å². The van der Waals surface area contributed by atoms with Crippen LogP contribution in [-0.2, 0) is 24.7 Å². The Kier molecular flexibility index (Phi) is 5.34. The summed E-state index contributed by atoms with van der Waals surface area (Å²) in [6.45, 7) is 1.38. The van der Waals surface area contributed by atoms with Gasteiger partial charge in [0, 0.05) is 54.2 Å². The number of hydrogen-bond acceptors (Lipinski definition) is 4. The number of pyridine rings is 1. The fourth-order valence-corrected chi connectivity index (χ4v) is 5.30. The second-order valence-electron chi connectivity index (χ2n) is 8.99. The number of hydrogen-bond donors (Lipinski definition) is 3. The number of fused-ring (bicyclic) bond motifs is 1. The molecule has 3 heterocycles. The number of nitrogens with zero attached hydrogens (tertiary/aromatic N) is 1. The first-order chi connectivity index (χ1) is 15.0. The van der Waals surface area contributed by atoms with E-state index in [1.807, 2.05) is 18.5 Å². The second kappa shape index (κ2) is 8.02. The topological polar surface area (TPSA) is 102 Å². The van der Waals surface area contributed by atoms with Crippen molar-refractivity contribution in [1.82, 2.24) is 19.6 Å². The van der Waals surface area contributed by atoms with Gasteiger partial charge in [-0.3, -0.25) is 9.00 Å². The molecule has 1 saturated heterocycles. The molecule has 3 N–H and O–H groups in total. The number of nitrogens with one attached hydrogen (secondary N) is 3. The summed E-state index contributed by atoms with van der Waals surface area (Å²) in [5, 5.41) is 4.63. The van der Waals surface area contributed by atoms with E-state index < -0.39 is 11.3 Å². The van der Waals surface area contributed by atoms with Gasteiger partial charge in [-0.2, -0.15) is 0 Å². The maximum atomic E-state index is 12.6. The summed E-state index contributed by atoms with van der Waals surface area (Å²) in [5.74, 6) is 0. The standard InChI is InChI=1S/C23H28N4O3S/c1-27-14-19(17-5-9-25-21(17)22(27)28)18-12-15(4-10-26-31(29)30)2-3-16(18)20-13-23(6-7-23)8-11-24-20/h2-3,5,9,12,14,20,24-26H,4,6-8,10-11,13H2,1H3,(H,29,30)/p-1. The van der Waals surface area contributed by atoms with Gasteiger partial charge in [-0.15, -0.1) is 0 Å². The average Bonchev–Trinajstić information content (AvgIpc) is 3.30. The summed E-state index contributed by atoms with van der Waals surface area (Å²) >= 11 is -2.26. The molecule has 2 aliphatic rings. The van der Waals surface area contributed by atoms with Gasteiger partial charge in [-0.05, 0) is 66.8 Å². The Hall–Kier alpha value is -2.26. The minimum atomic E-state index is -2.26. The number of aromatic amines is 1. The van der Waals surface area contributed by atoms with Gasteiger partial charge in [-0.25, -0.2) is 4.72 Å². The van der Waals surface area contributed by atoms with Crippen LogP contribution in [0.15, 0.2) is 41.5 Å². The SMILES string of the molecule is Cn1cc(-c2cc(CCNS(=O)[O-])ccc2C2CC3(CCN2)CC3)c2cc[nH]c2c1=O. The average molecular weight is 440 g/mol. The molecular weight excluding hydrogens is 412 g/mol. The summed E-state index contributed by atoms with van der Waals surface area (Å²) in [6, 6.07) is 8.68. The van der Waals surface area contributed by atoms with E-state index in [4.69, 9.17) is 0 Å². The van der Waals surface area contributed by atoms with E-state index in [1.54, 1.807) is 11.6 Å². The van der Waals surface area contributed by atoms with E-state index in [0.29, 0.717) is 23.9 Å². The molecule has 164 valence electrons. The van der Waals surface area contributed by atoms with Gasteiger partial charge in [0.2, 0.25) is 0 Å². The number of H-pyrrole nitrogens is 1. The molecule has 0 radical (unpaired) electrons. The van der Waals surface area contributed by atoms with Crippen LogP contribution in [0.4, 0.5) is 0 Å². The third kappa shape index (κ3) is 4.01. The highest BCUT2D eigenvalue weighted by atomic mass is 32.2. The lowest BCUT2D eigenvalue weighted by Crippen LogP contribution is -2.33. The van der Waals surface area contributed by atoms with E-state index in [-0.39, 0.29) is 11.6 Å². The molecule has 2 unspecified atom stereocenters. The summed E-state index contributed by atoms with van der Waals surface area (Å²) in [5.41, 5.74) is 5.50. The van der Waals surface area contributed by atoms with Gasteiger partial charge in [0.25, 0.3) is 5.56 Å². The summed E-state index contributed by atoms with van der Waals surface area (Å²) < 4.78 is 25.7. The molecule has 2 aromatic heterocycles. The Morgan fingerprint density at radius 2 is 2.10 bits per heavy atom. The summed E-state index contributed by atoms with van der Waals surface area (Å²) in [6.07, 6.45) is 9.35. The van der Waals surface area contributed by atoms with Crippen molar-refractivity contribution < 1.29 is 8.76 Å². The van der Waals surface area contributed by atoms with Crippen molar-refractivity contribution in [2.45, 2.75) is 38.1 Å². The number of piperidine rings is 1. The van der Waals surface area contributed by atoms with Crippen LogP contribution in [-0.4, -0.2) is 31.4 Å². The lowest BCUT2D eigenvalue weighted by atomic mass is 9.82. The van der Waals surface area contributed by atoms with Gasteiger partial charge in [0.15, 0.2) is 0 Å². The van der Waals surface area contributed by atoms with E-state index in [0.717, 1.165) is 35.0 Å². The maximum Gasteiger partial charge on any atom is 0.274 e. The molecular formula is C23H27N4O3S-. The van der Waals surface area contributed by atoms with E-state index >= 15 is 0 Å². The normalized spacial score (nSPS) is 20.9. The number of rotatable bonds is 6. The maximum absolute atomic E-state index is 12.6. The molecule has 0 amide bonds. The van der Waals surface area contributed by atoms with Crippen LogP contribution in [0, 0.1) is 5.41 Å². The Bertz CT molecular complexity index is 1210. The van der Waals surface area contributed by atoms with Crippen molar-refractivity contribution in [2.75, 3.05) is 13.1 Å². The molecule has 8 heteroatoms. The molecule has 7 nitrogen and oxygen atoms in total. The monoisotopic (exact) mass is 439 g/mol. The molecule has 5 rings (SSSR count). The van der Waals surface area contributed by atoms with Gasteiger partial charge in [0.05, 0.1) is 0 Å². The molecule has 2 atom stereocenters. The Labute approximate surface area is 183 Å². The van der Waals surface area contributed by atoms with Gasteiger partial charge in [0.1, 0.15) is 5.52 Å². The lowest BCUT2D eigenvalue weighted by molar-refractivity contribution is 0.286. The van der Waals surface area contributed by atoms with Gasteiger partial charge in [-0.1, -0.05) is 18.2 Å². The quantitative estimate of drug-likeness (QED) is 0.514. The highest BCUT2D eigenvalue weighted by Gasteiger charge is 2.46. The van der Waals surface area contributed by atoms with Crippen molar-refractivity contribution in [3.63, 3.8) is 0 Å². The molecule has 1 saturated carbocycles. The van der Waals surface area contributed by atoms with Crippen LogP contribution in [0.1, 0.15) is 42.9 Å². The highest BCUT2D eigenvalue weighted by molar-refractivity contribution is 7.77. The third-order valence-corrected chi connectivity index (χ3v) is 7.39. The molecule has 1 aliphatic heterocycles. The van der Waals surface area contributed by atoms with Crippen molar-refractivity contribution in [3.05, 3.63) is 58.1 Å². The Morgan fingerprint density at radius 3 is 2.87 bits per heavy atom. The van der Waals surface area contributed by atoms with Crippen LogP contribution >= 0.6 is 0 Å². The molecule has 31 heavy (non-hydrogen) atoms. The van der Waals surface area contributed by atoms with Gasteiger partial charge >= 0.3 is 0 Å². The molecule has 1 aromatic carbocycles. The van der Waals surface area contributed by atoms with Crippen LogP contribution in [0.5, 0.6) is 0 Å². The zero-order chi connectivity index (χ0) is 21.6. The van der Waals surface area contributed by atoms with Crippen LogP contribution in [0.25, 0.3) is 22.0 Å². The van der Waals surface area contributed by atoms with Crippen molar-refractivity contribution in [1.29, 1.82) is 0 Å². The minimum absolute atomic E-state index is 0.0451. The van der Waals surface area contributed by atoms with Crippen LogP contribution in [0.2, 0.25) is 0 Å². The number of aromatic nitrogens is 2. The number of benzene rings is 1. The Balaban J connectivity index is 1.61.